The quantitative estimate of drug-likeness (QED) is 0.655. The number of carbonyl (C=O) groups is 1. The molecule has 8 nitrogen and oxygen atoms in total. The van der Waals surface area contributed by atoms with Gasteiger partial charge < -0.3 is 5.32 Å². The Balaban J connectivity index is 1.44. The molecule has 1 N–H and O–H groups in total. The van der Waals surface area contributed by atoms with Crippen LogP contribution in [0.2, 0.25) is 0 Å². The van der Waals surface area contributed by atoms with Crippen molar-refractivity contribution in [1.29, 1.82) is 0 Å². The van der Waals surface area contributed by atoms with E-state index in [-0.39, 0.29) is 17.2 Å². The van der Waals surface area contributed by atoms with Crippen LogP contribution < -0.4 is 5.32 Å². The molecule has 156 valence electrons. The van der Waals surface area contributed by atoms with Gasteiger partial charge in [-0.3, -0.25) is 4.79 Å². The number of nitrogens with zero attached hydrogens (tertiary/aromatic N) is 4. The van der Waals surface area contributed by atoms with Crippen molar-refractivity contribution in [3.05, 3.63) is 66.6 Å². The van der Waals surface area contributed by atoms with Crippen LogP contribution in [0.3, 0.4) is 0 Å². The SMILES string of the molecule is O=C(Cc1ccc(S(=O)(=O)N2CCCCC2)cc1)Nc1cccnc1-n1cccn1. The summed E-state index contributed by atoms with van der Waals surface area (Å²) in [7, 11) is -3.47. The average Bonchev–Trinajstić information content (AvgIpc) is 3.30. The number of carbonyl (C=O) groups excluding carboxylic acids is 1. The Morgan fingerprint density at radius 2 is 1.77 bits per heavy atom. The van der Waals surface area contributed by atoms with Gasteiger partial charge in [-0.2, -0.15) is 9.40 Å². The fourth-order valence-electron chi connectivity index (χ4n) is 3.48. The first-order chi connectivity index (χ1) is 14.5. The molecule has 0 aliphatic carbocycles. The first kappa shape index (κ1) is 20.2. The van der Waals surface area contributed by atoms with E-state index in [0.717, 1.165) is 24.8 Å². The summed E-state index contributed by atoms with van der Waals surface area (Å²) in [6.45, 7) is 1.13. The minimum absolute atomic E-state index is 0.123. The van der Waals surface area contributed by atoms with Crippen molar-refractivity contribution in [1.82, 2.24) is 19.1 Å². The van der Waals surface area contributed by atoms with Crippen LogP contribution in [0.4, 0.5) is 5.69 Å². The molecule has 1 aliphatic heterocycles. The van der Waals surface area contributed by atoms with Crippen LogP contribution in [0.15, 0.2) is 66.0 Å². The first-order valence-electron chi connectivity index (χ1n) is 9.88. The van der Waals surface area contributed by atoms with E-state index in [1.165, 1.54) is 4.31 Å². The Labute approximate surface area is 175 Å². The van der Waals surface area contributed by atoms with Crippen LogP contribution in [-0.4, -0.2) is 46.5 Å². The van der Waals surface area contributed by atoms with E-state index in [2.05, 4.69) is 15.4 Å². The standard InChI is InChI=1S/C21H23N5O3S/c27-20(24-19-6-4-11-22-21(19)26-15-5-12-23-26)16-17-7-9-18(10-8-17)30(28,29)25-13-2-1-3-14-25/h4-12,15H,1-3,13-14,16H2,(H,24,27). The van der Waals surface area contributed by atoms with Gasteiger partial charge in [0.25, 0.3) is 0 Å². The van der Waals surface area contributed by atoms with Crippen LogP contribution in [0, 0.1) is 0 Å². The monoisotopic (exact) mass is 425 g/mol. The van der Waals surface area contributed by atoms with Crippen molar-refractivity contribution < 1.29 is 13.2 Å². The zero-order chi connectivity index (χ0) is 21.0. The number of pyridine rings is 1. The summed E-state index contributed by atoms with van der Waals surface area (Å²) in [5.41, 5.74) is 1.28. The molecule has 0 spiro atoms. The zero-order valence-electron chi connectivity index (χ0n) is 16.4. The Bertz CT molecular complexity index is 1110. The minimum atomic E-state index is -3.47. The van der Waals surface area contributed by atoms with Gasteiger partial charge in [-0.25, -0.2) is 18.1 Å². The highest BCUT2D eigenvalue weighted by molar-refractivity contribution is 7.89. The predicted molar refractivity (Wildman–Crippen MR) is 113 cm³/mol. The number of hydrogen-bond donors (Lipinski definition) is 1. The number of amides is 1. The molecule has 0 unspecified atom stereocenters. The van der Waals surface area contributed by atoms with E-state index in [1.54, 1.807) is 65.7 Å². The van der Waals surface area contributed by atoms with Crippen molar-refractivity contribution in [2.45, 2.75) is 30.6 Å². The number of sulfonamides is 1. The van der Waals surface area contributed by atoms with Gasteiger partial charge in [0.05, 0.1) is 17.0 Å². The molecule has 9 heteroatoms. The molecule has 4 rings (SSSR count). The highest BCUT2D eigenvalue weighted by atomic mass is 32.2. The molecule has 0 atom stereocenters. The molecular weight excluding hydrogens is 402 g/mol. The highest BCUT2D eigenvalue weighted by Crippen LogP contribution is 2.21. The molecule has 1 aliphatic rings. The molecule has 0 saturated carbocycles. The van der Waals surface area contributed by atoms with Gasteiger partial charge >= 0.3 is 0 Å². The summed E-state index contributed by atoms with van der Waals surface area (Å²) < 4.78 is 28.6. The van der Waals surface area contributed by atoms with E-state index < -0.39 is 10.0 Å². The van der Waals surface area contributed by atoms with Crippen molar-refractivity contribution in [3.8, 4) is 5.82 Å². The average molecular weight is 426 g/mol. The van der Waals surface area contributed by atoms with Gasteiger partial charge in [0, 0.05) is 31.7 Å². The van der Waals surface area contributed by atoms with Crippen LogP contribution in [0.1, 0.15) is 24.8 Å². The molecule has 0 bridgehead atoms. The maximum atomic E-state index is 12.7. The van der Waals surface area contributed by atoms with Gasteiger partial charge in [-0.1, -0.05) is 18.6 Å². The number of benzene rings is 1. The summed E-state index contributed by atoms with van der Waals surface area (Å²) in [6.07, 6.45) is 8.00. The second-order valence-corrected chi connectivity index (χ2v) is 9.10. The van der Waals surface area contributed by atoms with Crippen molar-refractivity contribution in [2.75, 3.05) is 18.4 Å². The van der Waals surface area contributed by atoms with Crippen molar-refractivity contribution in [3.63, 3.8) is 0 Å². The lowest BCUT2D eigenvalue weighted by Gasteiger charge is -2.25. The Hall–Kier alpha value is -3.04. The third kappa shape index (κ3) is 4.42. The van der Waals surface area contributed by atoms with E-state index >= 15 is 0 Å². The molecule has 3 heterocycles. The van der Waals surface area contributed by atoms with Crippen LogP contribution in [0.5, 0.6) is 0 Å². The number of nitrogens with one attached hydrogen (secondary N) is 1. The van der Waals surface area contributed by atoms with Gasteiger partial charge in [-0.05, 0) is 48.7 Å². The van der Waals surface area contributed by atoms with E-state index in [0.29, 0.717) is 24.6 Å². The molecule has 2 aromatic heterocycles. The topological polar surface area (TPSA) is 97.2 Å². The van der Waals surface area contributed by atoms with Gasteiger partial charge in [0.1, 0.15) is 0 Å². The maximum absolute atomic E-state index is 12.7. The number of aromatic nitrogens is 3. The lowest BCUT2D eigenvalue weighted by atomic mass is 10.1. The van der Waals surface area contributed by atoms with Crippen LogP contribution in [0.25, 0.3) is 5.82 Å². The Morgan fingerprint density at radius 3 is 2.47 bits per heavy atom. The number of piperidine rings is 1. The molecule has 0 radical (unpaired) electrons. The third-order valence-electron chi connectivity index (χ3n) is 5.02. The highest BCUT2D eigenvalue weighted by Gasteiger charge is 2.25. The molecule has 30 heavy (non-hydrogen) atoms. The smallest absolute Gasteiger partial charge is 0.243 e. The lowest BCUT2D eigenvalue weighted by Crippen LogP contribution is -2.35. The number of rotatable bonds is 6. The third-order valence-corrected chi connectivity index (χ3v) is 6.94. The molecule has 3 aromatic rings. The minimum Gasteiger partial charge on any atom is -0.323 e. The van der Waals surface area contributed by atoms with E-state index in [1.807, 2.05) is 0 Å². The predicted octanol–water partition coefficient (Wildman–Crippen LogP) is 2.62. The van der Waals surface area contributed by atoms with Gasteiger partial charge in [-0.15, -0.1) is 0 Å². The fraction of sp³-hybridized carbons (Fsp3) is 0.286. The Kier molecular flexibility index (Phi) is 5.91. The summed E-state index contributed by atoms with van der Waals surface area (Å²) in [4.78, 5) is 17.1. The molecule has 1 aromatic carbocycles. The van der Waals surface area contributed by atoms with Crippen molar-refractivity contribution in [2.24, 2.45) is 0 Å². The second kappa shape index (κ2) is 8.76. The fourth-order valence-corrected chi connectivity index (χ4v) is 5.00. The van der Waals surface area contributed by atoms with Gasteiger partial charge in [0.15, 0.2) is 5.82 Å². The zero-order valence-corrected chi connectivity index (χ0v) is 17.3. The van der Waals surface area contributed by atoms with E-state index in [9.17, 15) is 13.2 Å². The first-order valence-corrected chi connectivity index (χ1v) is 11.3. The van der Waals surface area contributed by atoms with E-state index in [4.69, 9.17) is 0 Å². The number of hydrogen-bond acceptors (Lipinski definition) is 5. The molecule has 1 saturated heterocycles. The second-order valence-electron chi connectivity index (χ2n) is 7.16. The maximum Gasteiger partial charge on any atom is 0.243 e. The molecule has 1 fully saturated rings. The number of anilines is 1. The van der Waals surface area contributed by atoms with Gasteiger partial charge in [0.2, 0.25) is 15.9 Å². The normalized spacial score (nSPS) is 15.1. The molecule has 1 amide bonds. The summed E-state index contributed by atoms with van der Waals surface area (Å²) in [5.74, 6) is 0.307. The van der Waals surface area contributed by atoms with Crippen LogP contribution >= 0.6 is 0 Å². The summed E-state index contributed by atoms with van der Waals surface area (Å²) in [6, 6.07) is 11.8. The van der Waals surface area contributed by atoms with Crippen molar-refractivity contribution >= 4 is 21.6 Å². The summed E-state index contributed by atoms with van der Waals surface area (Å²) >= 11 is 0. The Morgan fingerprint density at radius 1 is 1.00 bits per heavy atom. The lowest BCUT2D eigenvalue weighted by molar-refractivity contribution is -0.115. The largest absolute Gasteiger partial charge is 0.323 e. The summed E-state index contributed by atoms with van der Waals surface area (Å²) in [5, 5.41) is 7.01. The molecular formula is C21H23N5O3S. The van der Waals surface area contributed by atoms with Crippen LogP contribution in [-0.2, 0) is 21.2 Å².